The molecule has 4 unspecified atom stereocenters. The van der Waals surface area contributed by atoms with Crippen LogP contribution >= 0.6 is 0 Å². The van der Waals surface area contributed by atoms with Crippen molar-refractivity contribution in [2.45, 2.75) is 51.0 Å². The van der Waals surface area contributed by atoms with Crippen LogP contribution in [0.3, 0.4) is 0 Å². The van der Waals surface area contributed by atoms with Crippen molar-refractivity contribution in [3.05, 3.63) is 35.4 Å². The number of benzene rings is 1. The van der Waals surface area contributed by atoms with Crippen LogP contribution in [0, 0.1) is 11.8 Å². The van der Waals surface area contributed by atoms with Gasteiger partial charge in [-0.15, -0.1) is 0 Å². The Labute approximate surface area is 110 Å². The Morgan fingerprint density at radius 1 is 1.33 bits per heavy atom. The van der Waals surface area contributed by atoms with Gasteiger partial charge < -0.3 is 0 Å². The van der Waals surface area contributed by atoms with Crippen LogP contribution in [0.5, 0.6) is 0 Å². The van der Waals surface area contributed by atoms with E-state index in [1.54, 1.807) is 5.56 Å². The lowest BCUT2D eigenvalue weighted by Gasteiger charge is -2.34. The van der Waals surface area contributed by atoms with Gasteiger partial charge in [-0.2, -0.15) is 0 Å². The second-order valence-corrected chi connectivity index (χ2v) is 6.29. The van der Waals surface area contributed by atoms with Gasteiger partial charge in [0.1, 0.15) is 0 Å². The summed E-state index contributed by atoms with van der Waals surface area (Å²) in [6.45, 7) is 2.37. The molecule has 2 aliphatic rings. The van der Waals surface area contributed by atoms with E-state index >= 15 is 0 Å². The Morgan fingerprint density at radius 2 is 2.17 bits per heavy atom. The van der Waals surface area contributed by atoms with Gasteiger partial charge >= 0.3 is 0 Å². The Balaban J connectivity index is 1.62. The summed E-state index contributed by atoms with van der Waals surface area (Å²) in [5, 5.41) is 0. The Bertz CT molecular complexity index is 415. The van der Waals surface area contributed by atoms with E-state index in [-0.39, 0.29) is 0 Å². The number of hydrogen-bond donors (Lipinski definition) is 2. The maximum Gasteiger partial charge on any atom is 0.0244 e. The van der Waals surface area contributed by atoms with Crippen LogP contribution < -0.4 is 11.3 Å². The number of hydrazine groups is 1. The molecule has 0 heterocycles. The van der Waals surface area contributed by atoms with Crippen molar-refractivity contribution in [1.82, 2.24) is 5.43 Å². The second-order valence-electron chi connectivity index (χ2n) is 6.29. The van der Waals surface area contributed by atoms with Crippen LogP contribution in [0.4, 0.5) is 0 Å². The van der Waals surface area contributed by atoms with Crippen LogP contribution in [0.25, 0.3) is 0 Å². The Hall–Kier alpha value is -0.860. The topological polar surface area (TPSA) is 38.0 Å². The van der Waals surface area contributed by atoms with Crippen LogP contribution in [0.1, 0.15) is 49.7 Å². The Kier molecular flexibility index (Phi) is 3.40. The summed E-state index contributed by atoms with van der Waals surface area (Å²) in [4.78, 5) is 0. The van der Waals surface area contributed by atoms with Gasteiger partial charge in [0.2, 0.25) is 0 Å². The molecule has 18 heavy (non-hydrogen) atoms. The summed E-state index contributed by atoms with van der Waals surface area (Å²) in [5.41, 5.74) is 6.19. The first-order valence-electron chi connectivity index (χ1n) is 7.32. The molecule has 1 aromatic rings. The fourth-order valence-corrected chi connectivity index (χ4v) is 3.89. The smallest absolute Gasteiger partial charge is 0.0244 e. The molecule has 2 heteroatoms. The van der Waals surface area contributed by atoms with Crippen molar-refractivity contribution in [2.24, 2.45) is 17.7 Å². The zero-order valence-corrected chi connectivity index (χ0v) is 11.2. The molecule has 0 saturated heterocycles. The van der Waals surface area contributed by atoms with Crippen molar-refractivity contribution in [3.63, 3.8) is 0 Å². The van der Waals surface area contributed by atoms with E-state index in [9.17, 15) is 0 Å². The van der Waals surface area contributed by atoms with Crippen LogP contribution in [-0.4, -0.2) is 6.04 Å². The van der Waals surface area contributed by atoms with E-state index < -0.39 is 0 Å². The van der Waals surface area contributed by atoms with Gasteiger partial charge in [0.05, 0.1) is 0 Å². The molecular weight excluding hydrogens is 220 g/mol. The van der Waals surface area contributed by atoms with Gasteiger partial charge in [-0.05, 0) is 54.6 Å². The minimum Gasteiger partial charge on any atom is -0.271 e. The minimum absolute atomic E-state index is 0.508. The molecule has 98 valence electrons. The number of rotatable bonds is 4. The summed E-state index contributed by atoms with van der Waals surface area (Å²) in [7, 11) is 0. The van der Waals surface area contributed by atoms with Crippen LogP contribution in [0.2, 0.25) is 0 Å². The standard InChI is InChI=1S/C16H24N2/c1-11-6-7-13(8-11)16(18-17)10-14-9-12-4-2-3-5-15(12)14/h2-5,11,13-14,16,18H,6-10,17H2,1H3. The number of nitrogens with two attached hydrogens (primary N) is 1. The third kappa shape index (κ3) is 2.19. The summed E-state index contributed by atoms with van der Waals surface area (Å²) in [5.74, 6) is 8.21. The Morgan fingerprint density at radius 3 is 2.83 bits per heavy atom. The molecule has 0 radical (unpaired) electrons. The highest BCUT2D eigenvalue weighted by Crippen LogP contribution is 2.41. The summed E-state index contributed by atoms with van der Waals surface area (Å²) in [6, 6.07) is 9.36. The predicted molar refractivity (Wildman–Crippen MR) is 75.1 cm³/mol. The highest BCUT2D eigenvalue weighted by molar-refractivity contribution is 5.39. The summed E-state index contributed by atoms with van der Waals surface area (Å²) in [6.07, 6.45) is 6.54. The van der Waals surface area contributed by atoms with Crippen molar-refractivity contribution in [2.75, 3.05) is 0 Å². The zero-order chi connectivity index (χ0) is 12.5. The average molecular weight is 244 g/mol. The average Bonchev–Trinajstić information content (AvgIpc) is 2.77. The van der Waals surface area contributed by atoms with E-state index in [4.69, 9.17) is 5.84 Å². The van der Waals surface area contributed by atoms with Crippen LogP contribution in [0.15, 0.2) is 24.3 Å². The number of fused-ring (bicyclic) bond motifs is 1. The highest BCUT2D eigenvalue weighted by Gasteiger charge is 2.33. The molecule has 0 spiro atoms. The molecule has 0 bridgehead atoms. The van der Waals surface area contributed by atoms with Crippen molar-refractivity contribution >= 4 is 0 Å². The molecule has 0 aliphatic heterocycles. The molecule has 3 N–H and O–H groups in total. The van der Waals surface area contributed by atoms with Gasteiger partial charge in [-0.3, -0.25) is 11.3 Å². The fourth-order valence-electron chi connectivity index (χ4n) is 3.89. The fraction of sp³-hybridized carbons (Fsp3) is 0.625. The van der Waals surface area contributed by atoms with E-state index in [1.807, 2.05) is 0 Å². The van der Waals surface area contributed by atoms with E-state index in [2.05, 4.69) is 36.6 Å². The van der Waals surface area contributed by atoms with E-state index in [0.29, 0.717) is 6.04 Å². The molecule has 2 aliphatic carbocycles. The monoisotopic (exact) mass is 244 g/mol. The van der Waals surface area contributed by atoms with Crippen molar-refractivity contribution < 1.29 is 0 Å². The largest absolute Gasteiger partial charge is 0.271 e. The van der Waals surface area contributed by atoms with E-state index in [0.717, 1.165) is 17.8 Å². The van der Waals surface area contributed by atoms with E-state index in [1.165, 1.54) is 37.7 Å². The van der Waals surface area contributed by atoms with Gasteiger partial charge in [0.15, 0.2) is 0 Å². The number of hydrogen-bond acceptors (Lipinski definition) is 2. The molecule has 4 atom stereocenters. The van der Waals surface area contributed by atoms with Gasteiger partial charge in [-0.25, -0.2) is 0 Å². The lowest BCUT2D eigenvalue weighted by molar-refractivity contribution is 0.309. The second kappa shape index (κ2) is 5.02. The lowest BCUT2D eigenvalue weighted by Crippen LogP contribution is -2.42. The molecule has 0 aromatic heterocycles. The molecule has 3 rings (SSSR count). The molecule has 2 nitrogen and oxygen atoms in total. The van der Waals surface area contributed by atoms with Crippen molar-refractivity contribution in [3.8, 4) is 0 Å². The first kappa shape index (κ1) is 12.2. The first-order valence-corrected chi connectivity index (χ1v) is 7.32. The third-order valence-electron chi connectivity index (χ3n) is 5.02. The molecule has 1 saturated carbocycles. The molecular formula is C16H24N2. The summed E-state index contributed by atoms with van der Waals surface area (Å²) < 4.78 is 0. The first-order chi connectivity index (χ1) is 8.78. The maximum absolute atomic E-state index is 5.80. The molecule has 0 amide bonds. The maximum atomic E-state index is 5.80. The van der Waals surface area contributed by atoms with Gasteiger partial charge in [-0.1, -0.05) is 37.6 Å². The zero-order valence-electron chi connectivity index (χ0n) is 11.2. The van der Waals surface area contributed by atoms with Crippen LogP contribution in [-0.2, 0) is 6.42 Å². The molecule has 1 aromatic carbocycles. The van der Waals surface area contributed by atoms with Gasteiger partial charge in [0.25, 0.3) is 0 Å². The summed E-state index contributed by atoms with van der Waals surface area (Å²) >= 11 is 0. The SMILES string of the molecule is CC1CCC(C(CC2Cc3ccccc32)NN)C1. The predicted octanol–water partition coefficient (Wildman–Crippen LogP) is 2.98. The lowest BCUT2D eigenvalue weighted by atomic mass is 9.73. The van der Waals surface area contributed by atoms with Gasteiger partial charge in [0, 0.05) is 6.04 Å². The third-order valence-corrected chi connectivity index (χ3v) is 5.02. The number of nitrogens with one attached hydrogen (secondary N) is 1. The normalized spacial score (nSPS) is 31.8. The highest BCUT2D eigenvalue weighted by atomic mass is 15.2. The minimum atomic E-state index is 0.508. The molecule has 1 fully saturated rings. The quantitative estimate of drug-likeness (QED) is 0.631. The van der Waals surface area contributed by atoms with Crippen molar-refractivity contribution in [1.29, 1.82) is 0 Å².